The van der Waals surface area contributed by atoms with E-state index < -0.39 is 18.1 Å². The van der Waals surface area contributed by atoms with Crippen molar-refractivity contribution in [1.29, 1.82) is 0 Å². The van der Waals surface area contributed by atoms with Gasteiger partial charge in [-0.05, 0) is 72.9 Å². The first-order chi connectivity index (χ1) is 19.3. The Morgan fingerprint density at radius 3 is 2.65 bits per heavy atom. The van der Waals surface area contributed by atoms with Crippen LogP contribution >= 0.6 is 35.4 Å². The van der Waals surface area contributed by atoms with Crippen molar-refractivity contribution in [3.63, 3.8) is 0 Å². The van der Waals surface area contributed by atoms with Gasteiger partial charge in [0, 0.05) is 24.6 Å². The number of benzene rings is 2. The standard InChI is InChI=1S/C28H22Cl2N4O5S/c1-38-14-24(35)32-20-8-6-16(13-19(20)30)34-26(25(33-28(34)40)21-4-2-3-11-31-21)23-10-9-22(39-23)17-12-15(27(36)37)5-7-18(17)29/h2-13,25-26H,14H2,1H3,(H,32,35)(H,33,40)(H,36,37)/t25-,26+/m1/s1. The highest BCUT2D eigenvalue weighted by Crippen LogP contribution is 2.44. The SMILES string of the molecule is COCC(=O)Nc1ccc(N2C(=S)N[C@H](c3ccccn3)[C@@H]2c2ccc(-c3cc(C(=O)O)ccc3Cl)o2)cc1Cl. The highest BCUT2D eigenvalue weighted by Gasteiger charge is 2.42. The third kappa shape index (κ3) is 5.52. The predicted octanol–water partition coefficient (Wildman–Crippen LogP) is 6.11. The summed E-state index contributed by atoms with van der Waals surface area (Å²) < 4.78 is 11.2. The zero-order chi connectivity index (χ0) is 28.4. The molecule has 1 aliphatic heterocycles. The van der Waals surface area contributed by atoms with Crippen molar-refractivity contribution < 1.29 is 23.8 Å². The highest BCUT2D eigenvalue weighted by molar-refractivity contribution is 7.80. The first-order valence-electron chi connectivity index (χ1n) is 12.0. The summed E-state index contributed by atoms with van der Waals surface area (Å²) in [4.78, 5) is 29.9. The maximum Gasteiger partial charge on any atom is 0.335 e. The van der Waals surface area contributed by atoms with E-state index in [9.17, 15) is 14.7 Å². The molecule has 2 atom stereocenters. The van der Waals surface area contributed by atoms with Crippen LogP contribution < -0.4 is 15.5 Å². The van der Waals surface area contributed by atoms with E-state index in [1.807, 2.05) is 23.1 Å². The zero-order valence-electron chi connectivity index (χ0n) is 20.9. The summed E-state index contributed by atoms with van der Waals surface area (Å²) >= 11 is 18.7. The van der Waals surface area contributed by atoms with E-state index in [1.54, 1.807) is 36.5 Å². The molecule has 1 saturated heterocycles. The number of pyridine rings is 1. The number of amides is 1. The number of aromatic carboxylic acids is 1. The lowest BCUT2D eigenvalue weighted by Gasteiger charge is -2.26. The topological polar surface area (TPSA) is 117 Å². The molecule has 0 unspecified atom stereocenters. The number of carboxylic acid groups (broad SMARTS) is 1. The molecule has 0 saturated carbocycles. The molecule has 5 rings (SSSR count). The molecular formula is C28H22Cl2N4O5S. The summed E-state index contributed by atoms with van der Waals surface area (Å²) in [5.74, 6) is -0.481. The van der Waals surface area contributed by atoms with Gasteiger partial charge >= 0.3 is 5.97 Å². The first kappa shape index (κ1) is 27.6. The van der Waals surface area contributed by atoms with Gasteiger partial charge in [-0.15, -0.1) is 0 Å². The van der Waals surface area contributed by atoms with Crippen LogP contribution in [0.4, 0.5) is 11.4 Å². The second kappa shape index (κ2) is 11.6. The number of hydrogen-bond donors (Lipinski definition) is 3. The average Bonchev–Trinajstić information content (AvgIpc) is 3.55. The Hall–Kier alpha value is -3.96. The number of aromatic nitrogens is 1. The van der Waals surface area contributed by atoms with Gasteiger partial charge in [-0.2, -0.15) is 0 Å². The normalized spacial score (nSPS) is 16.6. The number of hydrogen-bond acceptors (Lipinski definition) is 6. The predicted molar refractivity (Wildman–Crippen MR) is 156 cm³/mol. The number of ether oxygens (including phenoxy) is 1. The summed E-state index contributed by atoms with van der Waals surface area (Å²) in [5.41, 5.74) is 2.34. The fourth-order valence-corrected chi connectivity index (χ4v) is 5.28. The van der Waals surface area contributed by atoms with E-state index in [2.05, 4.69) is 15.6 Å². The van der Waals surface area contributed by atoms with Gasteiger partial charge in [0.05, 0.1) is 33.0 Å². The van der Waals surface area contributed by atoms with Crippen LogP contribution in [0.3, 0.4) is 0 Å². The van der Waals surface area contributed by atoms with E-state index in [-0.39, 0.29) is 18.1 Å². The number of halogens is 2. The van der Waals surface area contributed by atoms with Crippen molar-refractivity contribution in [2.75, 3.05) is 23.9 Å². The molecule has 3 N–H and O–H groups in total. The van der Waals surface area contributed by atoms with Gasteiger partial charge < -0.3 is 29.8 Å². The Bertz CT molecular complexity index is 1600. The van der Waals surface area contributed by atoms with Crippen molar-refractivity contribution >= 4 is 63.8 Å². The van der Waals surface area contributed by atoms with E-state index in [0.29, 0.717) is 43.6 Å². The fraction of sp³-hybridized carbons (Fsp3) is 0.143. The number of carboxylic acids is 1. The molecule has 1 fully saturated rings. The number of carbonyl (C=O) groups is 2. The lowest BCUT2D eigenvalue weighted by atomic mass is 10.0. The van der Waals surface area contributed by atoms with Gasteiger partial charge in [-0.25, -0.2) is 4.79 Å². The molecule has 9 nitrogen and oxygen atoms in total. The van der Waals surface area contributed by atoms with Crippen LogP contribution in [0.25, 0.3) is 11.3 Å². The lowest BCUT2D eigenvalue weighted by Crippen LogP contribution is -2.29. The van der Waals surface area contributed by atoms with Crippen molar-refractivity contribution in [3.05, 3.63) is 100.0 Å². The quantitative estimate of drug-likeness (QED) is 0.207. The van der Waals surface area contributed by atoms with Crippen molar-refractivity contribution in [2.45, 2.75) is 12.1 Å². The Morgan fingerprint density at radius 2 is 1.95 bits per heavy atom. The molecule has 0 bridgehead atoms. The number of thiocarbonyl (C=S) groups is 1. The van der Waals surface area contributed by atoms with Gasteiger partial charge in [0.2, 0.25) is 5.91 Å². The van der Waals surface area contributed by atoms with Crippen LogP contribution in [-0.2, 0) is 9.53 Å². The number of methoxy groups -OCH3 is 1. The molecule has 4 aromatic rings. The molecule has 40 heavy (non-hydrogen) atoms. The van der Waals surface area contributed by atoms with Gasteiger partial charge in [-0.1, -0.05) is 29.3 Å². The number of anilines is 2. The van der Waals surface area contributed by atoms with Crippen LogP contribution in [0.5, 0.6) is 0 Å². The van der Waals surface area contributed by atoms with E-state index >= 15 is 0 Å². The summed E-state index contributed by atoms with van der Waals surface area (Å²) in [6, 6.07) is 17.8. The van der Waals surface area contributed by atoms with Gasteiger partial charge in [-0.3, -0.25) is 9.78 Å². The minimum Gasteiger partial charge on any atom is -0.478 e. The van der Waals surface area contributed by atoms with Crippen LogP contribution in [0.1, 0.15) is 33.9 Å². The summed E-state index contributed by atoms with van der Waals surface area (Å²) in [5, 5.41) is 16.6. The van der Waals surface area contributed by atoms with Crippen LogP contribution in [0.2, 0.25) is 10.0 Å². The zero-order valence-corrected chi connectivity index (χ0v) is 23.3. The maximum atomic E-state index is 12.0. The Morgan fingerprint density at radius 1 is 1.12 bits per heavy atom. The number of nitrogens with zero attached hydrogens (tertiary/aromatic N) is 2. The van der Waals surface area contributed by atoms with Crippen LogP contribution in [-0.4, -0.2) is 40.8 Å². The molecule has 12 heteroatoms. The summed E-state index contributed by atoms with van der Waals surface area (Å²) in [6.07, 6.45) is 1.69. The maximum absolute atomic E-state index is 12.0. The Labute approximate surface area is 244 Å². The molecule has 204 valence electrons. The molecule has 2 aromatic carbocycles. The molecule has 0 radical (unpaired) electrons. The van der Waals surface area contributed by atoms with E-state index in [1.165, 1.54) is 25.3 Å². The van der Waals surface area contributed by atoms with Gasteiger partial charge in [0.25, 0.3) is 0 Å². The molecule has 0 spiro atoms. The summed E-state index contributed by atoms with van der Waals surface area (Å²) in [7, 11) is 1.43. The van der Waals surface area contributed by atoms with Crippen LogP contribution in [0.15, 0.2) is 77.3 Å². The highest BCUT2D eigenvalue weighted by atomic mass is 35.5. The Kier molecular flexibility index (Phi) is 8.04. The molecule has 3 heterocycles. The number of carbonyl (C=O) groups excluding carboxylic acids is 1. The van der Waals surface area contributed by atoms with Crippen molar-refractivity contribution in [2.24, 2.45) is 0 Å². The van der Waals surface area contributed by atoms with E-state index in [0.717, 1.165) is 5.69 Å². The minimum absolute atomic E-state index is 0.0846. The second-order valence-corrected chi connectivity index (χ2v) is 10.0. The number of furan rings is 1. The minimum atomic E-state index is -1.07. The van der Waals surface area contributed by atoms with Gasteiger partial charge in [0.15, 0.2) is 5.11 Å². The molecular weight excluding hydrogens is 575 g/mol. The summed E-state index contributed by atoms with van der Waals surface area (Å²) in [6.45, 7) is -0.105. The van der Waals surface area contributed by atoms with Crippen molar-refractivity contribution in [1.82, 2.24) is 10.3 Å². The molecule has 1 amide bonds. The Balaban J connectivity index is 1.56. The second-order valence-electron chi connectivity index (χ2n) is 8.84. The number of nitrogens with one attached hydrogen (secondary N) is 2. The first-order valence-corrected chi connectivity index (χ1v) is 13.1. The smallest absolute Gasteiger partial charge is 0.335 e. The lowest BCUT2D eigenvalue weighted by molar-refractivity contribution is -0.119. The molecule has 0 aliphatic carbocycles. The van der Waals surface area contributed by atoms with Gasteiger partial charge in [0.1, 0.15) is 24.2 Å². The number of rotatable bonds is 8. The van der Waals surface area contributed by atoms with Crippen LogP contribution in [0, 0.1) is 0 Å². The largest absolute Gasteiger partial charge is 0.478 e. The third-order valence-corrected chi connectivity index (χ3v) is 7.23. The van der Waals surface area contributed by atoms with E-state index in [4.69, 9.17) is 44.6 Å². The monoisotopic (exact) mass is 596 g/mol. The third-order valence-electron chi connectivity index (χ3n) is 6.28. The fourth-order valence-electron chi connectivity index (χ4n) is 4.50. The van der Waals surface area contributed by atoms with Crippen molar-refractivity contribution in [3.8, 4) is 11.3 Å². The average molecular weight is 597 g/mol. The molecule has 2 aromatic heterocycles. The molecule has 1 aliphatic rings.